The minimum atomic E-state index is -0.359. The molecule has 1 N–H and O–H groups in total. The Balaban J connectivity index is 1.31. The van der Waals surface area contributed by atoms with E-state index in [-0.39, 0.29) is 23.5 Å². The van der Waals surface area contributed by atoms with E-state index in [9.17, 15) is 14.0 Å². The molecule has 0 spiro atoms. The standard InChI is InChI=1S/C23H27FN4O2/c1-27-15-18(22(29)26-20-4-2-3-19(24)14-20)13-21(27)16-7-11-28(12-8-16)23(30)17-5-9-25-10-6-17/h2-6,9-10,14,16,18,21H,7-8,11-13,15H2,1H3,(H,26,29)/t18-,21-/m0/s1. The fourth-order valence-electron chi connectivity index (χ4n) is 4.75. The number of amides is 2. The van der Waals surface area contributed by atoms with E-state index in [2.05, 4.69) is 22.2 Å². The highest BCUT2D eigenvalue weighted by molar-refractivity contribution is 5.94. The highest BCUT2D eigenvalue weighted by Gasteiger charge is 2.39. The molecule has 158 valence electrons. The van der Waals surface area contributed by atoms with Crippen LogP contribution in [0.25, 0.3) is 0 Å². The van der Waals surface area contributed by atoms with Crippen molar-refractivity contribution < 1.29 is 14.0 Å². The van der Waals surface area contributed by atoms with Gasteiger partial charge in [0.25, 0.3) is 5.91 Å². The van der Waals surface area contributed by atoms with Gasteiger partial charge in [-0.3, -0.25) is 14.6 Å². The van der Waals surface area contributed by atoms with Gasteiger partial charge in [0.05, 0.1) is 5.92 Å². The lowest BCUT2D eigenvalue weighted by Crippen LogP contribution is -2.43. The Morgan fingerprint density at radius 1 is 1.13 bits per heavy atom. The van der Waals surface area contributed by atoms with Gasteiger partial charge >= 0.3 is 0 Å². The van der Waals surface area contributed by atoms with Crippen molar-refractivity contribution in [1.82, 2.24) is 14.8 Å². The Morgan fingerprint density at radius 2 is 1.87 bits per heavy atom. The highest BCUT2D eigenvalue weighted by atomic mass is 19.1. The first-order valence-corrected chi connectivity index (χ1v) is 10.5. The smallest absolute Gasteiger partial charge is 0.253 e. The summed E-state index contributed by atoms with van der Waals surface area (Å²) in [5.41, 5.74) is 1.17. The molecule has 3 heterocycles. The second-order valence-electron chi connectivity index (χ2n) is 8.30. The molecule has 6 nitrogen and oxygen atoms in total. The topological polar surface area (TPSA) is 65.5 Å². The van der Waals surface area contributed by atoms with E-state index in [1.807, 2.05) is 4.90 Å². The summed E-state index contributed by atoms with van der Waals surface area (Å²) in [4.78, 5) is 33.5. The first kappa shape index (κ1) is 20.5. The normalized spacial score (nSPS) is 22.8. The number of pyridine rings is 1. The van der Waals surface area contributed by atoms with Gasteiger partial charge in [-0.1, -0.05) is 6.07 Å². The summed E-state index contributed by atoms with van der Waals surface area (Å²) in [6, 6.07) is 9.82. The highest BCUT2D eigenvalue weighted by Crippen LogP contribution is 2.33. The Hall–Kier alpha value is -2.80. The average molecular weight is 410 g/mol. The van der Waals surface area contributed by atoms with Gasteiger partial charge in [0.2, 0.25) is 5.91 Å². The summed E-state index contributed by atoms with van der Waals surface area (Å²) < 4.78 is 13.4. The number of aromatic nitrogens is 1. The van der Waals surface area contributed by atoms with Gasteiger partial charge in [0.15, 0.2) is 0 Å². The van der Waals surface area contributed by atoms with Gasteiger partial charge in [0.1, 0.15) is 5.82 Å². The second-order valence-corrected chi connectivity index (χ2v) is 8.30. The van der Waals surface area contributed by atoms with Crippen molar-refractivity contribution in [3.63, 3.8) is 0 Å². The molecule has 4 rings (SSSR count). The fraction of sp³-hybridized carbons (Fsp3) is 0.435. The third-order valence-electron chi connectivity index (χ3n) is 6.36. The number of hydrogen-bond acceptors (Lipinski definition) is 4. The average Bonchev–Trinajstić information content (AvgIpc) is 3.16. The fourth-order valence-corrected chi connectivity index (χ4v) is 4.75. The molecular formula is C23H27FN4O2. The molecule has 0 bridgehead atoms. The zero-order valence-corrected chi connectivity index (χ0v) is 17.1. The van der Waals surface area contributed by atoms with E-state index in [1.54, 1.807) is 36.7 Å². The first-order valence-electron chi connectivity index (χ1n) is 10.5. The molecular weight excluding hydrogens is 383 g/mol. The Morgan fingerprint density at radius 3 is 2.57 bits per heavy atom. The van der Waals surface area contributed by atoms with Gasteiger partial charge < -0.3 is 15.1 Å². The number of nitrogens with one attached hydrogen (secondary N) is 1. The van der Waals surface area contributed by atoms with Crippen LogP contribution < -0.4 is 5.32 Å². The van der Waals surface area contributed by atoms with E-state index in [1.165, 1.54) is 12.1 Å². The Kier molecular flexibility index (Phi) is 6.08. The second kappa shape index (κ2) is 8.92. The van der Waals surface area contributed by atoms with Crippen LogP contribution in [0.3, 0.4) is 0 Å². The van der Waals surface area contributed by atoms with E-state index < -0.39 is 0 Å². The van der Waals surface area contributed by atoms with Gasteiger partial charge in [-0.05, 0) is 62.6 Å². The molecule has 7 heteroatoms. The minimum absolute atomic E-state index is 0.0553. The Bertz CT molecular complexity index is 899. The van der Waals surface area contributed by atoms with Crippen LogP contribution in [0.2, 0.25) is 0 Å². The van der Waals surface area contributed by atoms with Crippen LogP contribution in [-0.4, -0.2) is 59.3 Å². The molecule has 2 aromatic rings. The summed E-state index contributed by atoms with van der Waals surface area (Å²) in [5.74, 6) is -0.00581. The molecule has 2 atom stereocenters. The van der Waals surface area contributed by atoms with E-state index in [0.717, 1.165) is 32.4 Å². The lowest BCUT2D eigenvalue weighted by molar-refractivity contribution is -0.119. The maximum atomic E-state index is 13.4. The van der Waals surface area contributed by atoms with Gasteiger partial charge in [-0.15, -0.1) is 0 Å². The van der Waals surface area contributed by atoms with Crippen LogP contribution in [0.1, 0.15) is 29.6 Å². The van der Waals surface area contributed by atoms with Gasteiger partial charge in [-0.2, -0.15) is 0 Å². The summed E-state index contributed by atoms with van der Waals surface area (Å²) in [6.07, 6.45) is 5.94. The zero-order valence-electron chi connectivity index (χ0n) is 17.1. The monoisotopic (exact) mass is 410 g/mol. The SMILES string of the molecule is CN1C[C@@H](C(=O)Nc2cccc(F)c2)C[C@H]1C1CCN(C(=O)c2ccncc2)CC1. The molecule has 2 aliphatic heterocycles. The molecule has 0 aliphatic carbocycles. The van der Waals surface area contributed by atoms with Gasteiger partial charge in [0, 0.05) is 49.3 Å². The molecule has 1 aromatic heterocycles. The van der Waals surface area contributed by atoms with Crippen molar-refractivity contribution in [1.29, 1.82) is 0 Å². The lowest BCUT2D eigenvalue weighted by atomic mass is 9.86. The third-order valence-corrected chi connectivity index (χ3v) is 6.36. The van der Waals surface area contributed by atoms with Crippen molar-refractivity contribution in [2.24, 2.45) is 11.8 Å². The van der Waals surface area contributed by atoms with Crippen LogP contribution >= 0.6 is 0 Å². The van der Waals surface area contributed by atoms with Crippen molar-refractivity contribution in [3.8, 4) is 0 Å². The number of hydrogen-bond donors (Lipinski definition) is 1. The first-order chi connectivity index (χ1) is 14.5. The van der Waals surface area contributed by atoms with E-state index in [4.69, 9.17) is 0 Å². The summed E-state index contributed by atoms with van der Waals surface area (Å²) in [7, 11) is 2.06. The van der Waals surface area contributed by atoms with Crippen molar-refractivity contribution >= 4 is 17.5 Å². The van der Waals surface area contributed by atoms with Crippen molar-refractivity contribution in [2.75, 3.05) is 32.0 Å². The lowest BCUT2D eigenvalue weighted by Gasteiger charge is -2.37. The Labute approximate surface area is 176 Å². The number of anilines is 1. The molecule has 30 heavy (non-hydrogen) atoms. The predicted octanol–water partition coefficient (Wildman–Crippen LogP) is 3.03. The third kappa shape index (κ3) is 4.51. The largest absolute Gasteiger partial charge is 0.339 e. The van der Waals surface area contributed by atoms with Crippen LogP contribution in [-0.2, 0) is 4.79 Å². The number of carbonyl (C=O) groups is 2. The molecule has 0 radical (unpaired) electrons. The number of piperidine rings is 1. The zero-order chi connectivity index (χ0) is 21.1. The van der Waals surface area contributed by atoms with Crippen LogP contribution in [0.5, 0.6) is 0 Å². The predicted molar refractivity (Wildman–Crippen MR) is 112 cm³/mol. The van der Waals surface area contributed by atoms with Crippen LogP contribution in [0.15, 0.2) is 48.8 Å². The molecule has 2 amide bonds. The number of rotatable bonds is 4. The van der Waals surface area contributed by atoms with Crippen molar-refractivity contribution in [3.05, 3.63) is 60.2 Å². The summed E-state index contributed by atoms with van der Waals surface area (Å²) in [5, 5.41) is 2.85. The molecule has 2 saturated heterocycles. The van der Waals surface area contributed by atoms with Crippen LogP contribution in [0.4, 0.5) is 10.1 Å². The maximum absolute atomic E-state index is 13.4. The summed E-state index contributed by atoms with van der Waals surface area (Å²) in [6.45, 7) is 2.16. The number of carbonyl (C=O) groups excluding carboxylic acids is 2. The number of nitrogens with zero attached hydrogens (tertiary/aromatic N) is 3. The quantitative estimate of drug-likeness (QED) is 0.842. The molecule has 0 unspecified atom stereocenters. The number of likely N-dealkylation sites (tertiary alicyclic amines) is 2. The molecule has 1 aromatic carbocycles. The number of benzene rings is 1. The maximum Gasteiger partial charge on any atom is 0.253 e. The number of halogens is 1. The summed E-state index contributed by atoms with van der Waals surface area (Å²) >= 11 is 0. The van der Waals surface area contributed by atoms with Crippen LogP contribution in [0, 0.1) is 17.7 Å². The molecule has 2 aliphatic rings. The molecule has 2 fully saturated rings. The van der Waals surface area contributed by atoms with E-state index in [0.29, 0.717) is 29.8 Å². The van der Waals surface area contributed by atoms with E-state index >= 15 is 0 Å². The van der Waals surface area contributed by atoms with Crippen molar-refractivity contribution in [2.45, 2.75) is 25.3 Å². The minimum Gasteiger partial charge on any atom is -0.339 e. The van der Waals surface area contributed by atoms with Gasteiger partial charge in [-0.25, -0.2) is 4.39 Å². The molecule has 0 saturated carbocycles.